The molecule has 296 valence electrons. The standard InChI is InChI=1S/C49H34F6N4Si/c1-60(2,3)26-25-27-13-15-28(16-14-27)43-35-17-19-37(56-35)47(44-29(50)7-4-8-30(44)51)39-21-23-41(58-39)49(46-33(54)11-6-12-34(46)55)42-24-22-40(59-42)48(38-20-18-36(43)57-38)45-31(52)9-5-10-32(45)53/h4-24,56-59H,1-3H3. The average molecular weight is 821 g/mol. The van der Waals surface area contributed by atoms with Crippen molar-refractivity contribution in [2.24, 2.45) is 0 Å². The molecule has 4 nitrogen and oxygen atoms in total. The van der Waals surface area contributed by atoms with Gasteiger partial charge in [-0.25, -0.2) is 26.3 Å². The summed E-state index contributed by atoms with van der Waals surface area (Å²) in [6.45, 7) is 6.48. The fraction of sp³-hybridized carbons (Fsp3) is 0.0612. The van der Waals surface area contributed by atoms with E-state index in [1.165, 1.54) is 18.2 Å². The maximum absolute atomic E-state index is 15.9. The molecule has 0 radical (unpaired) electrons. The topological polar surface area (TPSA) is 63.2 Å². The van der Waals surface area contributed by atoms with Gasteiger partial charge in [0.05, 0.1) is 16.7 Å². The molecule has 0 atom stereocenters. The lowest BCUT2D eigenvalue weighted by molar-refractivity contribution is 0.576. The van der Waals surface area contributed by atoms with Crippen LogP contribution in [0.4, 0.5) is 26.3 Å². The molecule has 0 aliphatic carbocycles. The smallest absolute Gasteiger partial charge is 0.134 e. The highest BCUT2D eigenvalue weighted by atomic mass is 28.3. The van der Waals surface area contributed by atoms with Gasteiger partial charge in [-0.1, -0.05) is 55.9 Å². The van der Waals surface area contributed by atoms with E-state index in [0.717, 1.165) is 47.5 Å². The quantitative estimate of drug-likeness (QED) is 0.0785. The van der Waals surface area contributed by atoms with Crippen LogP contribution in [0.1, 0.15) is 50.6 Å². The Morgan fingerprint density at radius 2 is 0.683 bits per heavy atom. The van der Waals surface area contributed by atoms with Gasteiger partial charge in [0.25, 0.3) is 0 Å². The van der Waals surface area contributed by atoms with Gasteiger partial charge in [0.1, 0.15) is 43.0 Å². The molecule has 1 aliphatic rings. The van der Waals surface area contributed by atoms with Gasteiger partial charge in [0.2, 0.25) is 0 Å². The van der Waals surface area contributed by atoms with E-state index in [4.69, 9.17) is 0 Å². The Bertz CT molecular complexity index is 3270. The number of halogens is 6. The van der Waals surface area contributed by atoms with Crippen LogP contribution in [0.15, 0.2) is 127 Å². The zero-order valence-electron chi connectivity index (χ0n) is 32.4. The van der Waals surface area contributed by atoms with E-state index in [1.54, 1.807) is 48.5 Å². The molecule has 9 rings (SSSR count). The van der Waals surface area contributed by atoms with Crippen LogP contribution in [0.3, 0.4) is 0 Å². The van der Waals surface area contributed by atoms with Crippen LogP contribution in [0.2, 0.25) is 19.6 Å². The lowest BCUT2D eigenvalue weighted by atomic mass is 10.0. The van der Waals surface area contributed by atoms with Gasteiger partial charge < -0.3 is 19.9 Å². The van der Waals surface area contributed by atoms with E-state index in [2.05, 4.69) is 51.0 Å². The summed E-state index contributed by atoms with van der Waals surface area (Å²) >= 11 is 0. The Labute approximate surface area is 341 Å². The summed E-state index contributed by atoms with van der Waals surface area (Å²) in [5.74, 6) is -1.83. The number of rotatable bonds is 4. The number of hydrogen-bond donors (Lipinski definition) is 4. The molecule has 5 heterocycles. The molecule has 8 bridgehead atoms. The summed E-state index contributed by atoms with van der Waals surface area (Å²) in [4.78, 5) is 13.2. The fourth-order valence-electron chi connectivity index (χ4n) is 7.64. The Morgan fingerprint density at radius 3 is 1.02 bits per heavy atom. The van der Waals surface area contributed by atoms with Crippen molar-refractivity contribution in [2.45, 2.75) is 19.6 Å². The second-order valence-corrected chi connectivity index (χ2v) is 20.3. The zero-order valence-corrected chi connectivity index (χ0v) is 33.4. The van der Waals surface area contributed by atoms with Crippen molar-refractivity contribution in [3.05, 3.63) is 234 Å². The lowest BCUT2D eigenvalue weighted by Crippen LogP contribution is -2.20. The highest BCUT2D eigenvalue weighted by Gasteiger charge is 2.25. The molecule has 11 heteroatoms. The fourth-order valence-corrected chi connectivity index (χ4v) is 8.16. The lowest BCUT2D eigenvalue weighted by Gasteiger charge is -2.12. The monoisotopic (exact) mass is 820 g/mol. The molecule has 4 aromatic heterocycles. The van der Waals surface area contributed by atoms with Gasteiger partial charge in [-0.15, -0.1) is 5.54 Å². The number of H-pyrrole nitrogens is 4. The van der Waals surface area contributed by atoms with E-state index < -0.39 is 48.5 Å². The third-order valence-electron chi connectivity index (χ3n) is 10.3. The Kier molecular flexibility index (Phi) is 9.52. The first-order valence-electron chi connectivity index (χ1n) is 19.1. The number of aromatic nitrogens is 4. The summed E-state index contributed by atoms with van der Waals surface area (Å²) in [6, 6.07) is 31.5. The number of hydrogen-bond acceptors (Lipinski definition) is 0. The van der Waals surface area contributed by atoms with Crippen LogP contribution in [-0.4, -0.2) is 28.0 Å². The first kappa shape index (κ1) is 38.4. The van der Waals surface area contributed by atoms with Crippen molar-refractivity contribution < 1.29 is 26.3 Å². The SMILES string of the molecule is C[Si](C)(C)C#Cc1ccc(C2=c3ccc([nH]3)=C(c3c(F)cccc3F)c3ccc([nH]3)C(c3c(F)cccc3F)=c3ccc([nH]3)=C(c3c(F)cccc3F)c3ccc2[nH]3)cc1. The summed E-state index contributed by atoms with van der Waals surface area (Å²) < 4.78 is 95.1. The van der Waals surface area contributed by atoms with Crippen molar-refractivity contribution in [2.75, 3.05) is 0 Å². The molecule has 0 saturated heterocycles. The third kappa shape index (κ3) is 6.94. The molecule has 0 spiro atoms. The predicted molar refractivity (Wildman–Crippen MR) is 224 cm³/mol. The molecule has 0 unspecified atom stereocenters. The van der Waals surface area contributed by atoms with Crippen molar-refractivity contribution in [3.63, 3.8) is 0 Å². The van der Waals surface area contributed by atoms with Gasteiger partial charge in [-0.05, 0) is 103 Å². The Hall–Kier alpha value is -7.16. The number of fused-ring (bicyclic) bond motifs is 8. The van der Waals surface area contributed by atoms with Crippen LogP contribution in [0.5, 0.6) is 0 Å². The Morgan fingerprint density at radius 1 is 0.367 bits per heavy atom. The maximum atomic E-state index is 15.9. The third-order valence-corrected chi connectivity index (χ3v) is 11.2. The molecular formula is C49H34F6N4Si. The summed E-state index contributed by atoms with van der Waals surface area (Å²) in [5, 5.41) is 1.26. The van der Waals surface area contributed by atoms with Crippen molar-refractivity contribution in [1.82, 2.24) is 19.9 Å². The highest BCUT2D eigenvalue weighted by Crippen LogP contribution is 2.32. The minimum Gasteiger partial charge on any atom is -0.354 e. The Balaban J connectivity index is 1.44. The van der Waals surface area contributed by atoms with Crippen LogP contribution in [0.25, 0.3) is 22.3 Å². The first-order chi connectivity index (χ1) is 28.8. The molecule has 60 heavy (non-hydrogen) atoms. The molecule has 4 N–H and O–H groups in total. The highest BCUT2D eigenvalue weighted by molar-refractivity contribution is 6.83. The van der Waals surface area contributed by atoms with E-state index in [-0.39, 0.29) is 49.9 Å². The van der Waals surface area contributed by atoms with Crippen LogP contribution >= 0.6 is 0 Å². The van der Waals surface area contributed by atoms with Crippen molar-refractivity contribution >= 4 is 30.4 Å². The van der Waals surface area contributed by atoms with Gasteiger partial charge >= 0.3 is 0 Å². The second-order valence-electron chi connectivity index (χ2n) is 15.5. The summed E-state index contributed by atoms with van der Waals surface area (Å²) in [5.41, 5.74) is 6.02. The van der Waals surface area contributed by atoms with E-state index in [1.807, 2.05) is 24.3 Å². The number of aromatic amines is 4. The maximum Gasteiger partial charge on any atom is 0.134 e. The normalized spacial score (nSPS) is 12.8. The van der Waals surface area contributed by atoms with Gasteiger partial charge in [-0.3, -0.25) is 0 Å². The molecule has 0 fully saturated rings. The average Bonchev–Trinajstić information content (AvgIpc) is 4.05. The summed E-state index contributed by atoms with van der Waals surface area (Å²) in [7, 11) is -1.67. The summed E-state index contributed by atoms with van der Waals surface area (Å²) in [6.07, 6.45) is 0. The molecule has 1 aliphatic heterocycles. The predicted octanol–water partition coefficient (Wildman–Crippen LogP) is 8.37. The molecule has 0 saturated carbocycles. The van der Waals surface area contributed by atoms with Crippen molar-refractivity contribution in [3.8, 4) is 11.5 Å². The molecule has 0 amide bonds. The van der Waals surface area contributed by atoms with Gasteiger partial charge in [-0.2, -0.15) is 0 Å². The van der Waals surface area contributed by atoms with E-state index in [0.29, 0.717) is 27.7 Å². The van der Waals surface area contributed by atoms with Crippen LogP contribution in [0, 0.1) is 46.4 Å². The largest absolute Gasteiger partial charge is 0.354 e. The number of nitrogens with one attached hydrogen (secondary N) is 4. The number of benzene rings is 4. The first-order valence-corrected chi connectivity index (χ1v) is 22.6. The zero-order chi connectivity index (χ0) is 41.9. The molecule has 4 aromatic carbocycles. The minimum atomic E-state index is -1.67. The molecular weight excluding hydrogens is 787 g/mol. The van der Waals surface area contributed by atoms with Gasteiger partial charge in [0.15, 0.2) is 0 Å². The van der Waals surface area contributed by atoms with E-state index >= 15 is 26.3 Å². The molecule has 8 aromatic rings. The van der Waals surface area contributed by atoms with Gasteiger partial charge in [0, 0.05) is 72.0 Å². The van der Waals surface area contributed by atoms with Crippen LogP contribution < -0.4 is 21.4 Å². The second kappa shape index (κ2) is 14.9. The minimum absolute atomic E-state index is 0.0184. The van der Waals surface area contributed by atoms with E-state index in [9.17, 15) is 0 Å². The van der Waals surface area contributed by atoms with Crippen LogP contribution in [-0.2, 0) is 0 Å². The van der Waals surface area contributed by atoms with Crippen molar-refractivity contribution in [1.29, 1.82) is 0 Å².